The van der Waals surface area contributed by atoms with E-state index in [0.717, 1.165) is 28.1 Å². The fourth-order valence-corrected chi connectivity index (χ4v) is 4.17. The molecule has 0 radical (unpaired) electrons. The van der Waals surface area contributed by atoms with E-state index in [0.29, 0.717) is 11.7 Å². The van der Waals surface area contributed by atoms with E-state index in [1.807, 2.05) is 30.0 Å². The average Bonchev–Trinajstić information content (AvgIpc) is 2.68. The smallest absolute Gasteiger partial charge is 0.131 e. The number of anilines is 2. The molecule has 21 heavy (non-hydrogen) atoms. The van der Waals surface area contributed by atoms with E-state index in [4.69, 9.17) is 0 Å². The van der Waals surface area contributed by atoms with Crippen LogP contribution in [0.1, 0.15) is 13.3 Å². The second kappa shape index (κ2) is 6.32. The molecule has 2 aromatic carbocycles. The molecule has 1 aliphatic heterocycles. The third kappa shape index (κ3) is 3.06. The summed E-state index contributed by atoms with van der Waals surface area (Å²) < 4.78 is 0.748. The number of rotatable bonds is 2. The van der Waals surface area contributed by atoms with Crippen LogP contribution in [-0.2, 0) is 0 Å². The molecule has 110 valence electrons. The van der Waals surface area contributed by atoms with Crippen molar-refractivity contribution in [2.75, 3.05) is 17.2 Å². The Balaban J connectivity index is 2.10. The molecular weight excluding hydrogens is 346 g/mol. The monoisotopic (exact) mass is 363 g/mol. The van der Waals surface area contributed by atoms with Gasteiger partial charge in [0.1, 0.15) is 5.75 Å². The highest BCUT2D eigenvalue weighted by atomic mass is 79.9. The van der Waals surface area contributed by atoms with E-state index < -0.39 is 0 Å². The minimum atomic E-state index is 0.309. The summed E-state index contributed by atoms with van der Waals surface area (Å²) in [7, 11) is 0. The van der Waals surface area contributed by atoms with Crippen LogP contribution in [0.5, 0.6) is 5.75 Å². The molecule has 0 amide bonds. The van der Waals surface area contributed by atoms with Crippen molar-refractivity contribution in [2.45, 2.75) is 18.2 Å². The molecule has 0 aromatic heterocycles. The lowest BCUT2D eigenvalue weighted by molar-refractivity contribution is 0.470. The van der Waals surface area contributed by atoms with Gasteiger partial charge in [-0.25, -0.2) is 0 Å². The number of hydrogen-bond donors (Lipinski definition) is 1. The first-order valence-corrected chi connectivity index (χ1v) is 8.94. The first-order chi connectivity index (χ1) is 10.2. The summed E-state index contributed by atoms with van der Waals surface area (Å²) in [6.45, 7) is 3.26. The van der Waals surface area contributed by atoms with Crippen LogP contribution in [0.4, 0.5) is 11.4 Å². The molecular formula is C17H18BrNOS. The van der Waals surface area contributed by atoms with Gasteiger partial charge in [-0.2, -0.15) is 0 Å². The Labute approximate surface area is 138 Å². The van der Waals surface area contributed by atoms with E-state index in [1.165, 1.54) is 11.4 Å². The lowest BCUT2D eigenvalue weighted by Crippen LogP contribution is -2.24. The van der Waals surface area contributed by atoms with Crippen LogP contribution in [0.15, 0.2) is 51.8 Å². The molecule has 4 heteroatoms. The molecule has 0 bridgehead atoms. The lowest BCUT2D eigenvalue weighted by atomic mass is 10.1. The van der Waals surface area contributed by atoms with Crippen molar-refractivity contribution in [2.24, 2.45) is 5.92 Å². The predicted molar refractivity (Wildman–Crippen MR) is 93.8 cm³/mol. The number of aromatic hydroxyl groups is 1. The van der Waals surface area contributed by atoms with Crippen molar-refractivity contribution in [3.63, 3.8) is 0 Å². The highest BCUT2D eigenvalue weighted by Gasteiger charge is 2.23. The quantitative estimate of drug-likeness (QED) is 0.769. The van der Waals surface area contributed by atoms with Gasteiger partial charge in [-0.3, -0.25) is 0 Å². The normalized spacial score (nSPS) is 18.2. The molecule has 2 nitrogen and oxygen atoms in total. The highest BCUT2D eigenvalue weighted by Crippen LogP contribution is 2.44. The number of phenols is 1. The third-order valence-electron chi connectivity index (χ3n) is 3.88. The van der Waals surface area contributed by atoms with Gasteiger partial charge >= 0.3 is 0 Å². The fourth-order valence-electron chi connectivity index (χ4n) is 2.57. The molecule has 0 saturated heterocycles. The zero-order valence-electron chi connectivity index (χ0n) is 11.9. The number of thioether (sulfide) groups is 1. The molecule has 1 aliphatic rings. The van der Waals surface area contributed by atoms with Crippen molar-refractivity contribution in [3.05, 3.63) is 46.9 Å². The second-order valence-corrected chi connectivity index (χ2v) is 7.22. The Kier molecular flexibility index (Phi) is 4.45. The van der Waals surface area contributed by atoms with Gasteiger partial charge in [0.05, 0.1) is 10.2 Å². The molecule has 0 saturated carbocycles. The lowest BCUT2D eigenvalue weighted by Gasteiger charge is -2.27. The van der Waals surface area contributed by atoms with Gasteiger partial charge < -0.3 is 10.0 Å². The topological polar surface area (TPSA) is 23.5 Å². The standard InChI is InChI=1S/C17H18BrNOS/c1-2-12-10-19(13-6-4-3-5-7-13)15-8-14(18)16(20)9-17(15)21-11-12/h3-9,12,20H,2,10-11H2,1H3. The molecule has 2 aromatic rings. The summed E-state index contributed by atoms with van der Waals surface area (Å²) in [5, 5.41) is 9.97. The summed E-state index contributed by atoms with van der Waals surface area (Å²) in [6.07, 6.45) is 1.16. The number of phenolic OH excluding ortho intramolecular Hbond substituents is 1. The minimum absolute atomic E-state index is 0.309. The Morgan fingerprint density at radius 2 is 2.05 bits per heavy atom. The van der Waals surface area contributed by atoms with Gasteiger partial charge in [-0.15, -0.1) is 11.8 Å². The van der Waals surface area contributed by atoms with E-state index in [1.54, 1.807) is 0 Å². The average molecular weight is 364 g/mol. The number of halogens is 1. The van der Waals surface area contributed by atoms with Crippen LogP contribution in [0.25, 0.3) is 0 Å². The third-order valence-corrected chi connectivity index (χ3v) is 5.79. The SMILES string of the molecule is CCC1CSc2cc(O)c(Br)cc2N(c2ccccc2)C1. The molecule has 0 aliphatic carbocycles. The summed E-state index contributed by atoms with van der Waals surface area (Å²) >= 11 is 5.29. The second-order valence-electron chi connectivity index (χ2n) is 5.30. The molecule has 1 heterocycles. The Bertz CT molecular complexity index is 632. The van der Waals surface area contributed by atoms with Crippen LogP contribution >= 0.6 is 27.7 Å². The maximum atomic E-state index is 9.97. The molecule has 3 rings (SSSR count). The zero-order valence-corrected chi connectivity index (χ0v) is 14.3. The van der Waals surface area contributed by atoms with Gasteiger partial charge in [0.15, 0.2) is 0 Å². The van der Waals surface area contributed by atoms with Gasteiger partial charge in [0.2, 0.25) is 0 Å². The molecule has 1 N–H and O–H groups in total. The van der Waals surface area contributed by atoms with E-state index >= 15 is 0 Å². The van der Waals surface area contributed by atoms with Crippen LogP contribution in [-0.4, -0.2) is 17.4 Å². The summed E-state index contributed by atoms with van der Waals surface area (Å²) in [6, 6.07) is 14.4. The van der Waals surface area contributed by atoms with Crippen molar-refractivity contribution < 1.29 is 5.11 Å². The number of hydrogen-bond acceptors (Lipinski definition) is 3. The number of benzene rings is 2. The Morgan fingerprint density at radius 3 is 2.76 bits per heavy atom. The summed E-state index contributed by atoms with van der Waals surface area (Å²) in [5.74, 6) is 2.04. The van der Waals surface area contributed by atoms with Gasteiger partial charge in [0, 0.05) is 22.9 Å². The molecule has 1 unspecified atom stereocenters. The number of fused-ring (bicyclic) bond motifs is 1. The van der Waals surface area contributed by atoms with Crippen molar-refractivity contribution >= 4 is 39.1 Å². The summed E-state index contributed by atoms with van der Waals surface area (Å²) in [5.41, 5.74) is 2.38. The van der Waals surface area contributed by atoms with Gasteiger partial charge in [-0.05, 0) is 46.1 Å². The molecule has 1 atom stereocenters. The zero-order chi connectivity index (χ0) is 14.8. The van der Waals surface area contributed by atoms with Crippen LogP contribution in [0.3, 0.4) is 0 Å². The van der Waals surface area contributed by atoms with Gasteiger partial charge in [0.25, 0.3) is 0 Å². The number of para-hydroxylation sites is 1. The van der Waals surface area contributed by atoms with Crippen molar-refractivity contribution in [1.82, 2.24) is 0 Å². The molecule has 0 fully saturated rings. The van der Waals surface area contributed by atoms with Crippen molar-refractivity contribution in [1.29, 1.82) is 0 Å². The predicted octanol–water partition coefficient (Wildman–Crippen LogP) is 5.42. The van der Waals surface area contributed by atoms with Gasteiger partial charge in [-0.1, -0.05) is 31.5 Å². The van der Waals surface area contributed by atoms with E-state index in [-0.39, 0.29) is 0 Å². The Morgan fingerprint density at radius 1 is 1.29 bits per heavy atom. The molecule has 0 spiro atoms. The minimum Gasteiger partial charge on any atom is -0.507 e. The number of nitrogens with zero attached hydrogens (tertiary/aromatic N) is 1. The summed E-state index contributed by atoms with van der Waals surface area (Å²) in [4.78, 5) is 3.52. The van der Waals surface area contributed by atoms with E-state index in [9.17, 15) is 5.11 Å². The van der Waals surface area contributed by atoms with Crippen molar-refractivity contribution in [3.8, 4) is 5.75 Å². The highest BCUT2D eigenvalue weighted by molar-refractivity contribution is 9.10. The maximum absolute atomic E-state index is 9.97. The van der Waals surface area contributed by atoms with Crippen LogP contribution < -0.4 is 4.90 Å². The first kappa shape index (κ1) is 14.8. The Hall–Kier alpha value is -1.13. The van der Waals surface area contributed by atoms with Crippen LogP contribution in [0.2, 0.25) is 0 Å². The first-order valence-electron chi connectivity index (χ1n) is 7.17. The van der Waals surface area contributed by atoms with Crippen LogP contribution in [0, 0.1) is 5.92 Å². The largest absolute Gasteiger partial charge is 0.507 e. The maximum Gasteiger partial charge on any atom is 0.131 e. The fraction of sp³-hybridized carbons (Fsp3) is 0.294. The van der Waals surface area contributed by atoms with E-state index in [2.05, 4.69) is 52.0 Å².